The average Bonchev–Trinajstić information content (AvgIpc) is 2.03. The van der Waals surface area contributed by atoms with Crippen molar-refractivity contribution in [2.75, 3.05) is 6.26 Å². The van der Waals surface area contributed by atoms with Crippen molar-refractivity contribution in [2.24, 2.45) is 0 Å². The van der Waals surface area contributed by atoms with Crippen molar-refractivity contribution in [1.29, 1.82) is 0 Å². The van der Waals surface area contributed by atoms with Gasteiger partial charge in [-0.05, 0) is 6.07 Å². The highest BCUT2D eigenvalue weighted by Crippen LogP contribution is 2.11. The van der Waals surface area contributed by atoms with Gasteiger partial charge in [0.1, 0.15) is 6.20 Å². The molecule has 0 saturated heterocycles. The molecule has 0 amide bonds. The third-order valence-corrected chi connectivity index (χ3v) is 2.31. The maximum absolute atomic E-state index is 10.9. The predicted molar refractivity (Wildman–Crippen MR) is 44.0 cm³/mol. The van der Waals surface area contributed by atoms with E-state index in [1.165, 1.54) is 0 Å². The molecule has 13 heavy (non-hydrogen) atoms. The zero-order valence-corrected chi connectivity index (χ0v) is 7.48. The molecule has 0 spiro atoms. The summed E-state index contributed by atoms with van der Waals surface area (Å²) in [4.78, 5) is 13.0. The molecule has 0 bridgehead atoms. The van der Waals surface area contributed by atoms with Crippen LogP contribution in [0.1, 0.15) is 0 Å². The Morgan fingerprint density at radius 2 is 2.08 bits per heavy atom. The fraction of sp³-hybridized carbons (Fsp3) is 0.167. The molecule has 0 aliphatic heterocycles. The van der Waals surface area contributed by atoms with Crippen LogP contribution in [0.3, 0.4) is 0 Å². The number of hydrogen-bond acceptors (Lipinski definition) is 5. The van der Waals surface area contributed by atoms with Crippen LogP contribution in [0.15, 0.2) is 23.4 Å². The summed E-state index contributed by atoms with van der Waals surface area (Å²) in [5.41, 5.74) is -0.229. The molecule has 0 aromatic carbocycles. The summed E-state index contributed by atoms with van der Waals surface area (Å²) >= 11 is 0. The monoisotopic (exact) mass is 202 g/mol. The predicted octanol–water partition coefficient (Wildman–Crippen LogP) is 0.393. The first-order valence-corrected chi connectivity index (χ1v) is 5.11. The van der Waals surface area contributed by atoms with Gasteiger partial charge in [0.2, 0.25) is 0 Å². The van der Waals surface area contributed by atoms with Crippen LogP contribution >= 0.6 is 0 Å². The second kappa shape index (κ2) is 3.09. The number of rotatable bonds is 2. The van der Waals surface area contributed by atoms with Crippen molar-refractivity contribution >= 4 is 15.5 Å². The van der Waals surface area contributed by atoms with Crippen LogP contribution in [-0.4, -0.2) is 24.6 Å². The Morgan fingerprint density at radius 3 is 2.38 bits per heavy atom. The second-order valence-corrected chi connectivity index (χ2v) is 4.35. The van der Waals surface area contributed by atoms with E-state index in [1.807, 2.05) is 0 Å². The molecule has 0 N–H and O–H groups in total. The van der Waals surface area contributed by atoms with Crippen LogP contribution in [0.5, 0.6) is 0 Å². The third kappa shape index (κ3) is 2.22. The summed E-state index contributed by atoms with van der Waals surface area (Å²) in [5.74, 6) is 0. The Balaban J connectivity index is 3.16. The van der Waals surface area contributed by atoms with Crippen molar-refractivity contribution < 1.29 is 13.3 Å². The summed E-state index contributed by atoms with van der Waals surface area (Å²) in [6.07, 6.45) is 1.90. The van der Waals surface area contributed by atoms with E-state index in [1.54, 1.807) is 0 Å². The minimum absolute atomic E-state index is 0.168. The summed E-state index contributed by atoms with van der Waals surface area (Å²) in [6.45, 7) is 0. The maximum Gasteiger partial charge on any atom is 0.287 e. The molecule has 0 aliphatic rings. The fourth-order valence-electron chi connectivity index (χ4n) is 0.700. The minimum atomic E-state index is -3.38. The van der Waals surface area contributed by atoms with Gasteiger partial charge in [-0.3, -0.25) is 10.1 Å². The van der Waals surface area contributed by atoms with E-state index in [0.717, 1.165) is 24.6 Å². The molecule has 7 heteroatoms. The molecule has 0 fully saturated rings. The molecule has 1 aromatic rings. The molecule has 0 aliphatic carbocycles. The van der Waals surface area contributed by atoms with Crippen molar-refractivity contribution in [3.63, 3.8) is 0 Å². The zero-order chi connectivity index (χ0) is 10.1. The highest BCUT2D eigenvalue weighted by atomic mass is 32.2. The molecule has 70 valence electrons. The van der Waals surface area contributed by atoms with Gasteiger partial charge in [0, 0.05) is 12.3 Å². The Hall–Kier alpha value is -1.50. The zero-order valence-electron chi connectivity index (χ0n) is 6.67. The minimum Gasteiger partial charge on any atom is -0.258 e. The van der Waals surface area contributed by atoms with Crippen LogP contribution in [0, 0.1) is 10.1 Å². The number of nitrogens with zero attached hydrogens (tertiary/aromatic N) is 2. The number of sulfone groups is 1. The van der Waals surface area contributed by atoms with Crippen molar-refractivity contribution in [1.82, 2.24) is 4.98 Å². The summed E-state index contributed by atoms with van der Waals surface area (Å²) in [6, 6.07) is 2.21. The molecule has 1 heterocycles. The quantitative estimate of drug-likeness (QED) is 0.511. The van der Waals surface area contributed by atoms with Crippen LogP contribution in [-0.2, 0) is 9.84 Å². The number of hydrogen-bond donors (Lipinski definition) is 0. The highest BCUT2D eigenvalue weighted by molar-refractivity contribution is 7.90. The largest absolute Gasteiger partial charge is 0.287 e. The highest BCUT2D eigenvalue weighted by Gasteiger charge is 2.11. The van der Waals surface area contributed by atoms with E-state index in [2.05, 4.69) is 4.98 Å². The van der Waals surface area contributed by atoms with E-state index in [4.69, 9.17) is 0 Å². The van der Waals surface area contributed by atoms with Gasteiger partial charge < -0.3 is 0 Å². The number of nitro groups is 1. The second-order valence-electron chi connectivity index (χ2n) is 2.38. The Kier molecular flexibility index (Phi) is 2.28. The van der Waals surface area contributed by atoms with E-state index < -0.39 is 14.8 Å². The molecule has 0 atom stereocenters. The molecule has 0 unspecified atom stereocenters. The standard InChI is InChI=1S/C6H6N2O4S/c1-13(11,12)6-3-2-5(4-7-6)8(9)10/h2-4H,1H3. The first-order valence-electron chi connectivity index (χ1n) is 3.22. The molecule has 6 nitrogen and oxygen atoms in total. The topological polar surface area (TPSA) is 90.2 Å². The van der Waals surface area contributed by atoms with E-state index in [-0.39, 0.29) is 10.7 Å². The van der Waals surface area contributed by atoms with E-state index in [0.29, 0.717) is 0 Å². The Bertz CT molecular complexity index is 422. The van der Waals surface area contributed by atoms with Gasteiger partial charge in [-0.15, -0.1) is 0 Å². The molecule has 0 saturated carbocycles. The molecular formula is C6H6N2O4S. The number of aromatic nitrogens is 1. The van der Waals surface area contributed by atoms with Crippen molar-refractivity contribution in [3.8, 4) is 0 Å². The van der Waals surface area contributed by atoms with Crippen LogP contribution in [0.2, 0.25) is 0 Å². The summed E-state index contributed by atoms with van der Waals surface area (Å²) in [5, 5.41) is 10.0. The summed E-state index contributed by atoms with van der Waals surface area (Å²) in [7, 11) is -3.38. The normalized spacial score (nSPS) is 11.2. The smallest absolute Gasteiger partial charge is 0.258 e. The Morgan fingerprint density at radius 1 is 1.46 bits per heavy atom. The lowest BCUT2D eigenvalue weighted by Gasteiger charge is -1.94. The van der Waals surface area contributed by atoms with E-state index in [9.17, 15) is 18.5 Å². The van der Waals surface area contributed by atoms with Crippen LogP contribution < -0.4 is 0 Å². The third-order valence-electron chi connectivity index (χ3n) is 1.31. The molecule has 0 radical (unpaired) electrons. The first-order chi connectivity index (χ1) is 5.91. The van der Waals surface area contributed by atoms with E-state index >= 15 is 0 Å². The maximum atomic E-state index is 10.9. The van der Waals surface area contributed by atoms with Gasteiger partial charge in [0.05, 0.1) is 4.92 Å². The van der Waals surface area contributed by atoms with Crippen molar-refractivity contribution in [3.05, 3.63) is 28.4 Å². The SMILES string of the molecule is CS(=O)(=O)c1ccc([N+](=O)[O-])cn1. The lowest BCUT2D eigenvalue weighted by Crippen LogP contribution is -2.00. The lowest BCUT2D eigenvalue weighted by molar-refractivity contribution is -0.385. The lowest BCUT2D eigenvalue weighted by atomic mass is 10.4. The first kappa shape index (κ1) is 9.59. The fourth-order valence-corrected chi connectivity index (χ4v) is 1.26. The van der Waals surface area contributed by atoms with Crippen LogP contribution in [0.4, 0.5) is 5.69 Å². The summed E-state index contributed by atoms with van der Waals surface area (Å²) < 4.78 is 21.8. The average molecular weight is 202 g/mol. The van der Waals surface area contributed by atoms with Gasteiger partial charge in [0.15, 0.2) is 14.9 Å². The van der Waals surface area contributed by atoms with Gasteiger partial charge in [0.25, 0.3) is 5.69 Å². The Labute approximate surface area is 74.3 Å². The van der Waals surface area contributed by atoms with Gasteiger partial charge in [-0.25, -0.2) is 13.4 Å². The molecule has 1 aromatic heterocycles. The van der Waals surface area contributed by atoms with Gasteiger partial charge in [-0.2, -0.15) is 0 Å². The van der Waals surface area contributed by atoms with Gasteiger partial charge in [-0.1, -0.05) is 0 Å². The van der Waals surface area contributed by atoms with Crippen LogP contribution in [0.25, 0.3) is 0 Å². The number of pyridine rings is 1. The van der Waals surface area contributed by atoms with Gasteiger partial charge >= 0.3 is 0 Å². The molecular weight excluding hydrogens is 196 g/mol. The molecule has 1 rings (SSSR count). The van der Waals surface area contributed by atoms with Crippen molar-refractivity contribution in [2.45, 2.75) is 5.03 Å².